The first-order valence-electron chi connectivity index (χ1n) is 7.31. The van der Waals surface area contributed by atoms with Gasteiger partial charge in [-0.2, -0.15) is 0 Å². The molecule has 0 aliphatic carbocycles. The molecule has 0 amide bonds. The normalized spacial score (nSPS) is 21.1. The van der Waals surface area contributed by atoms with Crippen LogP contribution in [0.4, 0.5) is 5.69 Å². The average molecular weight is 262 g/mol. The van der Waals surface area contributed by atoms with Crippen molar-refractivity contribution < 1.29 is 5.11 Å². The molecular weight excluding hydrogens is 236 g/mol. The Morgan fingerprint density at radius 3 is 2.79 bits per heavy atom. The zero-order valence-electron chi connectivity index (χ0n) is 12.3. The first-order chi connectivity index (χ1) is 9.13. The number of aliphatic hydroxyl groups is 1. The molecule has 0 radical (unpaired) electrons. The Hall–Kier alpha value is -1.06. The summed E-state index contributed by atoms with van der Waals surface area (Å²) in [5.41, 5.74) is 2.30. The molecule has 2 unspecified atom stereocenters. The fourth-order valence-corrected chi connectivity index (χ4v) is 3.01. The average Bonchev–Trinajstić information content (AvgIpc) is 2.85. The second-order valence-corrected chi connectivity index (χ2v) is 5.73. The predicted octanol–water partition coefficient (Wildman–Crippen LogP) is 2.66. The molecule has 106 valence electrons. The van der Waals surface area contributed by atoms with Crippen LogP contribution in [-0.2, 0) is 0 Å². The number of rotatable bonds is 5. The summed E-state index contributed by atoms with van der Waals surface area (Å²) in [5, 5.41) is 10.2. The van der Waals surface area contributed by atoms with Crippen LogP contribution in [0.3, 0.4) is 0 Å². The van der Waals surface area contributed by atoms with E-state index in [0.717, 1.165) is 25.1 Å². The van der Waals surface area contributed by atoms with E-state index in [2.05, 4.69) is 42.1 Å². The van der Waals surface area contributed by atoms with Crippen LogP contribution < -0.4 is 4.90 Å². The van der Waals surface area contributed by atoms with E-state index in [1.54, 1.807) is 0 Å². The predicted molar refractivity (Wildman–Crippen MR) is 80.6 cm³/mol. The van der Waals surface area contributed by atoms with Crippen molar-refractivity contribution in [1.82, 2.24) is 4.90 Å². The fourth-order valence-electron chi connectivity index (χ4n) is 3.01. The van der Waals surface area contributed by atoms with Crippen LogP contribution in [0.5, 0.6) is 0 Å². The van der Waals surface area contributed by atoms with E-state index < -0.39 is 0 Å². The van der Waals surface area contributed by atoms with Crippen LogP contribution in [0.1, 0.15) is 37.9 Å². The fraction of sp³-hybridized carbons (Fsp3) is 0.625. The largest absolute Gasteiger partial charge is 0.388 e. The third-order valence-corrected chi connectivity index (χ3v) is 3.94. The van der Waals surface area contributed by atoms with Gasteiger partial charge in [-0.15, -0.1) is 0 Å². The smallest absolute Gasteiger partial charge is 0.0807 e. The van der Waals surface area contributed by atoms with Crippen LogP contribution in [-0.4, -0.2) is 43.2 Å². The number of nitrogens with zero attached hydrogens (tertiary/aromatic N) is 2. The number of hydrogen-bond acceptors (Lipinski definition) is 3. The van der Waals surface area contributed by atoms with Gasteiger partial charge in [-0.25, -0.2) is 0 Å². The maximum absolute atomic E-state index is 10.2. The number of aliphatic hydroxyl groups excluding tert-OH is 1. The van der Waals surface area contributed by atoms with Gasteiger partial charge in [-0.3, -0.25) is 0 Å². The highest BCUT2D eigenvalue weighted by atomic mass is 16.3. The van der Waals surface area contributed by atoms with Gasteiger partial charge in [0.2, 0.25) is 0 Å². The lowest BCUT2D eigenvalue weighted by Crippen LogP contribution is -2.38. The molecule has 1 fully saturated rings. The van der Waals surface area contributed by atoms with Gasteiger partial charge in [-0.1, -0.05) is 25.1 Å². The van der Waals surface area contributed by atoms with Gasteiger partial charge in [0.15, 0.2) is 0 Å². The van der Waals surface area contributed by atoms with Crippen molar-refractivity contribution in [2.75, 3.05) is 32.1 Å². The maximum Gasteiger partial charge on any atom is 0.0807 e. The molecule has 1 aliphatic rings. The van der Waals surface area contributed by atoms with Gasteiger partial charge in [0.25, 0.3) is 0 Å². The topological polar surface area (TPSA) is 26.7 Å². The van der Waals surface area contributed by atoms with Crippen LogP contribution in [0.15, 0.2) is 24.3 Å². The molecule has 1 aliphatic heterocycles. The number of likely N-dealkylation sites (N-methyl/N-ethyl adjacent to an activating group) is 1. The Morgan fingerprint density at radius 1 is 1.37 bits per heavy atom. The summed E-state index contributed by atoms with van der Waals surface area (Å²) in [6, 6.07) is 8.89. The Balaban J connectivity index is 2.25. The Bertz CT molecular complexity index is 405. The van der Waals surface area contributed by atoms with E-state index in [1.165, 1.54) is 18.5 Å². The molecule has 2 atom stereocenters. The van der Waals surface area contributed by atoms with Crippen LogP contribution in [0, 0.1) is 0 Å². The minimum Gasteiger partial charge on any atom is -0.388 e. The highest BCUT2D eigenvalue weighted by molar-refractivity contribution is 5.56. The van der Waals surface area contributed by atoms with Crippen LogP contribution >= 0.6 is 0 Å². The molecule has 0 saturated carbocycles. The molecule has 0 spiro atoms. The van der Waals surface area contributed by atoms with E-state index in [-0.39, 0.29) is 6.10 Å². The summed E-state index contributed by atoms with van der Waals surface area (Å²) in [7, 11) is 4.26. The van der Waals surface area contributed by atoms with E-state index >= 15 is 0 Å². The Morgan fingerprint density at radius 2 is 2.11 bits per heavy atom. The Labute approximate surface area is 116 Å². The third-order valence-electron chi connectivity index (χ3n) is 3.94. The molecule has 2 rings (SSSR count). The van der Waals surface area contributed by atoms with Crippen molar-refractivity contribution in [3.8, 4) is 0 Å². The summed E-state index contributed by atoms with van der Waals surface area (Å²) in [6.45, 7) is 4.21. The molecule has 0 aromatic heterocycles. The van der Waals surface area contributed by atoms with Gasteiger partial charge in [0.05, 0.1) is 6.10 Å². The van der Waals surface area contributed by atoms with Gasteiger partial charge < -0.3 is 14.9 Å². The minimum absolute atomic E-state index is 0.350. The number of benzene rings is 1. The van der Waals surface area contributed by atoms with Gasteiger partial charge in [0, 0.05) is 30.4 Å². The SMILES string of the molecule is CCC(O)c1ccccc1N1CCCC1CN(C)C. The van der Waals surface area contributed by atoms with Crippen LogP contribution in [0.25, 0.3) is 0 Å². The number of para-hydroxylation sites is 1. The number of hydrogen-bond donors (Lipinski definition) is 1. The van der Waals surface area contributed by atoms with Crippen molar-refractivity contribution in [2.45, 2.75) is 38.3 Å². The summed E-state index contributed by atoms with van der Waals surface area (Å²) in [5.74, 6) is 0. The van der Waals surface area contributed by atoms with E-state index in [1.807, 2.05) is 13.0 Å². The molecular formula is C16H26N2O. The highest BCUT2D eigenvalue weighted by Crippen LogP contribution is 2.33. The first kappa shape index (κ1) is 14.4. The number of anilines is 1. The lowest BCUT2D eigenvalue weighted by atomic mass is 10.0. The monoisotopic (exact) mass is 262 g/mol. The van der Waals surface area contributed by atoms with E-state index in [4.69, 9.17) is 0 Å². The lowest BCUT2D eigenvalue weighted by Gasteiger charge is -2.31. The quantitative estimate of drug-likeness (QED) is 0.884. The molecule has 19 heavy (non-hydrogen) atoms. The summed E-state index contributed by atoms with van der Waals surface area (Å²) in [6.07, 6.45) is 2.91. The van der Waals surface area contributed by atoms with E-state index in [0.29, 0.717) is 6.04 Å². The summed E-state index contributed by atoms with van der Waals surface area (Å²) < 4.78 is 0. The molecule has 1 heterocycles. The molecule has 0 bridgehead atoms. The minimum atomic E-state index is -0.350. The Kier molecular flexibility index (Phi) is 4.83. The third kappa shape index (κ3) is 3.28. The molecule has 1 aromatic rings. The van der Waals surface area contributed by atoms with Crippen molar-refractivity contribution >= 4 is 5.69 Å². The summed E-state index contributed by atoms with van der Waals surface area (Å²) in [4.78, 5) is 4.73. The first-order valence-corrected chi connectivity index (χ1v) is 7.31. The second kappa shape index (κ2) is 6.40. The molecule has 1 saturated heterocycles. The maximum atomic E-state index is 10.2. The zero-order chi connectivity index (χ0) is 13.8. The van der Waals surface area contributed by atoms with Gasteiger partial charge in [0.1, 0.15) is 0 Å². The van der Waals surface area contributed by atoms with Crippen molar-refractivity contribution in [3.05, 3.63) is 29.8 Å². The molecule has 3 heteroatoms. The summed E-state index contributed by atoms with van der Waals surface area (Å²) >= 11 is 0. The van der Waals surface area contributed by atoms with Crippen molar-refractivity contribution in [3.63, 3.8) is 0 Å². The molecule has 1 N–H and O–H groups in total. The van der Waals surface area contributed by atoms with E-state index in [9.17, 15) is 5.11 Å². The van der Waals surface area contributed by atoms with Gasteiger partial charge in [-0.05, 0) is 39.4 Å². The zero-order valence-corrected chi connectivity index (χ0v) is 12.3. The van der Waals surface area contributed by atoms with Crippen molar-refractivity contribution in [1.29, 1.82) is 0 Å². The molecule has 3 nitrogen and oxygen atoms in total. The van der Waals surface area contributed by atoms with Gasteiger partial charge >= 0.3 is 0 Å². The lowest BCUT2D eigenvalue weighted by molar-refractivity contribution is 0.174. The highest BCUT2D eigenvalue weighted by Gasteiger charge is 2.27. The molecule has 1 aromatic carbocycles. The standard InChI is InChI=1S/C16H26N2O/c1-4-16(19)14-9-5-6-10-15(14)18-11-7-8-13(18)12-17(2)3/h5-6,9-10,13,16,19H,4,7-8,11-12H2,1-3H3. The van der Waals surface area contributed by atoms with Crippen molar-refractivity contribution in [2.24, 2.45) is 0 Å². The van der Waals surface area contributed by atoms with Crippen LogP contribution in [0.2, 0.25) is 0 Å². The second-order valence-electron chi connectivity index (χ2n) is 5.73.